The van der Waals surface area contributed by atoms with E-state index >= 15 is 0 Å². The normalized spacial score (nSPS) is 13.1. The van der Waals surface area contributed by atoms with E-state index in [9.17, 15) is 0 Å². The molecule has 2 aliphatic rings. The van der Waals surface area contributed by atoms with E-state index in [0.717, 1.165) is 11.4 Å². The van der Waals surface area contributed by atoms with Crippen molar-refractivity contribution in [3.8, 4) is 66.8 Å². The standard InChI is InChI=1S/C82H77BN2/c1-79(2,3)60-46-58(47-61(52-60)80(4,5)6)66-34-21-19-32-64(66)56-42-44-74-70(50-56)83-71-51-57(65-33-20-22-35-67(65)59-48-62(81(7,8)9)53-63(49-59)82(10,11)12)43-45-75(71)85(73-39-26-24-37-69(73)55-30-17-14-18-31-55)77-41-27-40-76(78(77)83)84(74)72-38-25-23-36-68(72)54-28-15-13-16-29-54/h13-53H,1-12H3. The molecule has 2 heterocycles. The summed E-state index contributed by atoms with van der Waals surface area (Å²) in [7, 11) is 0. The molecule has 418 valence electrons. The summed E-state index contributed by atoms with van der Waals surface area (Å²) in [5.41, 5.74) is 30.6. The summed E-state index contributed by atoms with van der Waals surface area (Å²) in [6.07, 6.45) is 0. The van der Waals surface area contributed by atoms with Gasteiger partial charge in [0, 0.05) is 33.9 Å². The van der Waals surface area contributed by atoms with Crippen molar-refractivity contribution in [3.63, 3.8) is 0 Å². The SMILES string of the molecule is CC(C)(C)c1cc(-c2ccccc2-c2ccc3c(c2)B2c4cc(-c5ccccc5-c5cc(C(C)(C)C)cc(C(C)(C)C)c5)ccc4N(c4ccccc4-c4ccccc4)c4cccc(c42)N3c2ccccc2-c2ccccc2)cc(C(C)(C)C)c1. The van der Waals surface area contributed by atoms with Gasteiger partial charge in [0.05, 0.1) is 11.4 Å². The van der Waals surface area contributed by atoms with E-state index in [4.69, 9.17) is 0 Å². The Morgan fingerprint density at radius 3 is 0.859 bits per heavy atom. The number of anilines is 6. The molecule has 0 radical (unpaired) electrons. The number of rotatable bonds is 8. The van der Waals surface area contributed by atoms with Gasteiger partial charge in [-0.3, -0.25) is 0 Å². The van der Waals surface area contributed by atoms with Gasteiger partial charge in [0.1, 0.15) is 0 Å². The molecule has 0 aromatic heterocycles. The molecule has 0 fully saturated rings. The van der Waals surface area contributed by atoms with Gasteiger partial charge in [-0.1, -0.05) is 295 Å². The Morgan fingerprint density at radius 2 is 0.518 bits per heavy atom. The lowest BCUT2D eigenvalue weighted by atomic mass is 9.33. The maximum Gasteiger partial charge on any atom is 0.252 e. The van der Waals surface area contributed by atoms with E-state index in [1.807, 2.05) is 0 Å². The Kier molecular flexibility index (Phi) is 13.7. The Bertz CT molecular complexity index is 4010. The van der Waals surface area contributed by atoms with Crippen LogP contribution in [0.1, 0.15) is 105 Å². The van der Waals surface area contributed by atoms with Crippen molar-refractivity contribution >= 4 is 57.2 Å². The van der Waals surface area contributed by atoms with Crippen LogP contribution in [0.3, 0.4) is 0 Å². The molecule has 13 rings (SSSR count). The van der Waals surface area contributed by atoms with Crippen LogP contribution in [0.5, 0.6) is 0 Å². The topological polar surface area (TPSA) is 6.48 Å². The van der Waals surface area contributed by atoms with Crippen molar-refractivity contribution in [2.24, 2.45) is 0 Å². The maximum absolute atomic E-state index is 2.57. The van der Waals surface area contributed by atoms with Gasteiger partial charge in [0.15, 0.2) is 0 Å². The summed E-state index contributed by atoms with van der Waals surface area (Å²) < 4.78 is 0. The molecular weight excluding hydrogens is 1020 g/mol. The van der Waals surface area contributed by atoms with Crippen LogP contribution in [0.4, 0.5) is 34.1 Å². The smallest absolute Gasteiger partial charge is 0.252 e. The minimum atomic E-state index is -0.149. The second kappa shape index (κ2) is 21.0. The van der Waals surface area contributed by atoms with Gasteiger partial charge in [0.25, 0.3) is 6.71 Å². The van der Waals surface area contributed by atoms with Crippen molar-refractivity contribution in [2.45, 2.75) is 105 Å². The van der Waals surface area contributed by atoms with E-state index in [-0.39, 0.29) is 28.4 Å². The Balaban J connectivity index is 1.11. The lowest BCUT2D eigenvalue weighted by Gasteiger charge is -2.45. The van der Waals surface area contributed by atoms with Crippen LogP contribution >= 0.6 is 0 Å². The predicted molar refractivity (Wildman–Crippen MR) is 368 cm³/mol. The zero-order valence-corrected chi connectivity index (χ0v) is 51.6. The molecule has 0 amide bonds. The maximum atomic E-state index is 2.57. The highest BCUT2D eigenvalue weighted by atomic mass is 15.2. The predicted octanol–water partition coefficient (Wildman–Crippen LogP) is 21.0. The molecule has 0 atom stereocenters. The van der Waals surface area contributed by atoms with Crippen LogP contribution in [0.15, 0.2) is 249 Å². The first-order chi connectivity index (χ1) is 40.7. The second-order valence-electron chi connectivity index (χ2n) is 27.8. The molecule has 0 saturated carbocycles. The third-order valence-corrected chi connectivity index (χ3v) is 17.9. The number of nitrogens with zero attached hydrogens (tertiary/aromatic N) is 2. The molecule has 0 N–H and O–H groups in total. The van der Waals surface area contributed by atoms with Crippen LogP contribution in [-0.4, -0.2) is 6.71 Å². The van der Waals surface area contributed by atoms with E-state index in [0.29, 0.717) is 0 Å². The van der Waals surface area contributed by atoms with Gasteiger partial charge in [0.2, 0.25) is 0 Å². The highest BCUT2D eigenvalue weighted by Gasteiger charge is 2.44. The highest BCUT2D eigenvalue weighted by molar-refractivity contribution is 7.00. The minimum Gasteiger partial charge on any atom is -0.311 e. The molecule has 2 nitrogen and oxygen atoms in total. The van der Waals surface area contributed by atoms with Crippen molar-refractivity contribution in [1.29, 1.82) is 0 Å². The molecule has 3 heteroatoms. The monoisotopic (exact) mass is 1100 g/mol. The first-order valence-electron chi connectivity index (χ1n) is 30.5. The molecule has 11 aromatic carbocycles. The van der Waals surface area contributed by atoms with Crippen LogP contribution in [0, 0.1) is 0 Å². The average Bonchev–Trinajstić information content (AvgIpc) is 0.768. The van der Waals surface area contributed by atoms with Crippen molar-refractivity contribution in [2.75, 3.05) is 9.80 Å². The van der Waals surface area contributed by atoms with Gasteiger partial charge in [-0.25, -0.2) is 0 Å². The van der Waals surface area contributed by atoms with Gasteiger partial charge >= 0.3 is 0 Å². The molecule has 0 bridgehead atoms. The first-order valence-corrected chi connectivity index (χ1v) is 30.5. The highest BCUT2D eigenvalue weighted by Crippen LogP contribution is 2.50. The summed E-state index contributed by atoms with van der Waals surface area (Å²) in [6, 6.07) is 94.4. The molecule has 2 aliphatic heterocycles. The quantitative estimate of drug-likeness (QED) is 0.140. The molecule has 0 aliphatic carbocycles. The molecule has 0 spiro atoms. The molecular formula is C82H77BN2. The summed E-state index contributed by atoms with van der Waals surface area (Å²) in [5, 5.41) is 0. The van der Waals surface area contributed by atoms with Gasteiger partial charge in [-0.15, -0.1) is 0 Å². The van der Waals surface area contributed by atoms with Gasteiger partial charge in [-0.2, -0.15) is 0 Å². The Morgan fingerprint density at radius 1 is 0.224 bits per heavy atom. The third kappa shape index (κ3) is 10.1. The van der Waals surface area contributed by atoms with Crippen LogP contribution in [0.25, 0.3) is 66.8 Å². The molecule has 85 heavy (non-hydrogen) atoms. The summed E-state index contributed by atoms with van der Waals surface area (Å²) >= 11 is 0. The fourth-order valence-electron chi connectivity index (χ4n) is 13.1. The van der Waals surface area contributed by atoms with Gasteiger partial charge < -0.3 is 9.80 Å². The largest absolute Gasteiger partial charge is 0.311 e. The van der Waals surface area contributed by atoms with E-state index in [1.165, 1.54) is 128 Å². The summed E-state index contributed by atoms with van der Waals surface area (Å²) in [5.74, 6) is 0. The summed E-state index contributed by atoms with van der Waals surface area (Å²) in [4.78, 5) is 5.15. The Labute approximate surface area is 506 Å². The number of hydrogen-bond acceptors (Lipinski definition) is 2. The third-order valence-electron chi connectivity index (χ3n) is 17.9. The molecule has 0 saturated heterocycles. The Hall–Kier alpha value is -8.92. The van der Waals surface area contributed by atoms with Crippen molar-refractivity contribution in [3.05, 3.63) is 271 Å². The van der Waals surface area contributed by atoms with Crippen molar-refractivity contribution < 1.29 is 0 Å². The van der Waals surface area contributed by atoms with Crippen LogP contribution < -0.4 is 26.2 Å². The summed E-state index contributed by atoms with van der Waals surface area (Å²) in [6.45, 7) is 27.9. The zero-order valence-electron chi connectivity index (χ0n) is 51.6. The second-order valence-corrected chi connectivity index (χ2v) is 27.8. The van der Waals surface area contributed by atoms with Crippen LogP contribution in [0.2, 0.25) is 0 Å². The molecule has 11 aromatic rings. The number of hydrogen-bond donors (Lipinski definition) is 0. The first kappa shape index (κ1) is 55.3. The number of benzene rings is 11. The van der Waals surface area contributed by atoms with E-state index < -0.39 is 0 Å². The average molecular weight is 1100 g/mol. The van der Waals surface area contributed by atoms with Crippen LogP contribution in [-0.2, 0) is 21.7 Å². The lowest BCUT2D eigenvalue weighted by Crippen LogP contribution is -2.61. The van der Waals surface area contributed by atoms with E-state index in [1.54, 1.807) is 0 Å². The lowest BCUT2D eigenvalue weighted by molar-refractivity contribution is 0.568. The fraction of sp³-hybridized carbons (Fsp3) is 0.195. The fourth-order valence-corrected chi connectivity index (χ4v) is 13.1. The van der Waals surface area contributed by atoms with E-state index in [2.05, 4.69) is 342 Å². The minimum absolute atomic E-state index is 0.0313. The van der Waals surface area contributed by atoms with Crippen molar-refractivity contribution in [1.82, 2.24) is 0 Å². The molecule has 0 unspecified atom stereocenters. The zero-order chi connectivity index (χ0) is 59.2. The number of para-hydroxylation sites is 2. The number of fused-ring (bicyclic) bond motifs is 4. The van der Waals surface area contributed by atoms with Gasteiger partial charge in [-0.05, 0) is 152 Å².